The van der Waals surface area contributed by atoms with Gasteiger partial charge in [-0.25, -0.2) is 0 Å². The summed E-state index contributed by atoms with van der Waals surface area (Å²) in [5, 5.41) is 0. The Kier molecular flexibility index (Phi) is 6.12. The number of hydrogen-bond donors (Lipinski definition) is 0. The van der Waals surface area contributed by atoms with Crippen LogP contribution in [-0.2, 0) is 0 Å². The minimum absolute atomic E-state index is 0.893. The van der Waals surface area contributed by atoms with E-state index in [2.05, 4.69) is 20.8 Å². The van der Waals surface area contributed by atoms with E-state index < -0.39 is 0 Å². The third kappa shape index (κ3) is 4.50. The van der Waals surface area contributed by atoms with Crippen LogP contribution in [-0.4, -0.2) is 0 Å². The second-order valence-electron chi connectivity index (χ2n) is 2.71. The Hall–Kier alpha value is 0. The maximum absolute atomic E-state index is 3.91. The van der Waals surface area contributed by atoms with E-state index in [1.165, 1.54) is 25.7 Å². The Balaban J connectivity index is 3.09. The fourth-order valence-electron chi connectivity index (χ4n) is 1.05. The third-order valence-corrected chi connectivity index (χ3v) is 1.95. The predicted molar refractivity (Wildman–Crippen MR) is 43.3 cm³/mol. The molecule has 0 aromatic heterocycles. The lowest BCUT2D eigenvalue weighted by molar-refractivity contribution is 0.455. The lowest BCUT2D eigenvalue weighted by Gasteiger charge is -2.09. The number of rotatable bonds is 5. The lowest BCUT2D eigenvalue weighted by atomic mass is 9.97. The highest BCUT2D eigenvalue weighted by atomic mass is 14.1. The number of hydrogen-bond acceptors (Lipinski definition) is 0. The Labute approximate surface area is 59.7 Å². The van der Waals surface area contributed by atoms with E-state index in [0.717, 1.165) is 12.3 Å². The highest BCUT2D eigenvalue weighted by Crippen LogP contribution is 2.14. The molecule has 0 aliphatic rings. The van der Waals surface area contributed by atoms with Gasteiger partial charge < -0.3 is 0 Å². The molecule has 0 saturated heterocycles. The SMILES string of the molecule is [CH2]CC(CC)CCCC. The summed E-state index contributed by atoms with van der Waals surface area (Å²) in [5.74, 6) is 0.893. The van der Waals surface area contributed by atoms with Gasteiger partial charge in [-0.3, -0.25) is 0 Å². The Morgan fingerprint density at radius 1 is 1.33 bits per heavy atom. The van der Waals surface area contributed by atoms with E-state index >= 15 is 0 Å². The Morgan fingerprint density at radius 2 is 2.00 bits per heavy atom. The van der Waals surface area contributed by atoms with Gasteiger partial charge in [0.25, 0.3) is 0 Å². The second kappa shape index (κ2) is 6.12. The van der Waals surface area contributed by atoms with Gasteiger partial charge in [-0.1, -0.05) is 52.9 Å². The molecule has 0 aliphatic carbocycles. The summed E-state index contributed by atoms with van der Waals surface area (Å²) in [4.78, 5) is 0. The molecule has 0 fully saturated rings. The molecule has 0 saturated carbocycles. The van der Waals surface area contributed by atoms with Crippen LogP contribution in [0, 0.1) is 12.8 Å². The van der Waals surface area contributed by atoms with Gasteiger partial charge in [-0.2, -0.15) is 0 Å². The molecule has 0 N–H and O–H groups in total. The van der Waals surface area contributed by atoms with Crippen LogP contribution in [0.5, 0.6) is 0 Å². The zero-order valence-corrected chi connectivity index (χ0v) is 6.82. The molecule has 1 unspecified atom stereocenters. The van der Waals surface area contributed by atoms with Gasteiger partial charge in [0.1, 0.15) is 0 Å². The molecule has 0 amide bonds. The highest BCUT2D eigenvalue weighted by molar-refractivity contribution is 4.57. The summed E-state index contributed by atoms with van der Waals surface area (Å²) in [7, 11) is 0. The molecule has 1 atom stereocenters. The van der Waals surface area contributed by atoms with Crippen molar-refractivity contribution in [3.63, 3.8) is 0 Å². The Morgan fingerprint density at radius 3 is 2.33 bits per heavy atom. The molecule has 0 rings (SSSR count). The zero-order chi connectivity index (χ0) is 7.11. The molecular weight excluding hydrogens is 108 g/mol. The van der Waals surface area contributed by atoms with Crippen molar-refractivity contribution >= 4 is 0 Å². The average Bonchev–Trinajstić information content (AvgIpc) is 1.91. The molecule has 0 nitrogen and oxygen atoms in total. The van der Waals surface area contributed by atoms with E-state index in [-0.39, 0.29) is 0 Å². The average molecular weight is 127 g/mol. The summed E-state index contributed by atoms with van der Waals surface area (Å²) in [6.45, 7) is 8.41. The molecule has 0 bridgehead atoms. The molecule has 0 heterocycles. The van der Waals surface area contributed by atoms with Gasteiger partial charge in [0.2, 0.25) is 0 Å². The van der Waals surface area contributed by atoms with E-state index in [1.54, 1.807) is 0 Å². The predicted octanol–water partition coefficient (Wildman–Crippen LogP) is 3.43. The van der Waals surface area contributed by atoms with E-state index in [9.17, 15) is 0 Å². The van der Waals surface area contributed by atoms with Gasteiger partial charge in [0, 0.05) is 0 Å². The van der Waals surface area contributed by atoms with Crippen LogP contribution in [0.25, 0.3) is 0 Å². The number of unbranched alkanes of at least 4 members (excludes halogenated alkanes) is 1. The van der Waals surface area contributed by atoms with Gasteiger partial charge in [-0.15, -0.1) is 0 Å². The van der Waals surface area contributed by atoms with Crippen molar-refractivity contribution in [1.29, 1.82) is 0 Å². The third-order valence-electron chi connectivity index (χ3n) is 1.95. The van der Waals surface area contributed by atoms with Crippen molar-refractivity contribution in [2.24, 2.45) is 5.92 Å². The molecule has 0 aromatic rings. The fraction of sp³-hybridized carbons (Fsp3) is 0.889. The first-order chi connectivity index (χ1) is 4.35. The standard InChI is InChI=1S/C9H19/c1-4-7-8-9(5-2)6-3/h9H,2,4-8H2,1,3H3. The van der Waals surface area contributed by atoms with E-state index in [0.29, 0.717) is 0 Å². The van der Waals surface area contributed by atoms with Crippen molar-refractivity contribution in [1.82, 2.24) is 0 Å². The quantitative estimate of drug-likeness (QED) is 0.530. The lowest BCUT2D eigenvalue weighted by Crippen LogP contribution is -1.95. The second-order valence-corrected chi connectivity index (χ2v) is 2.71. The molecular formula is C9H19. The van der Waals surface area contributed by atoms with E-state index in [4.69, 9.17) is 0 Å². The van der Waals surface area contributed by atoms with Crippen molar-refractivity contribution < 1.29 is 0 Å². The van der Waals surface area contributed by atoms with Crippen LogP contribution in [0.3, 0.4) is 0 Å². The molecule has 0 spiro atoms. The summed E-state index contributed by atoms with van der Waals surface area (Å²) < 4.78 is 0. The minimum Gasteiger partial charge on any atom is -0.0654 e. The first-order valence-corrected chi connectivity index (χ1v) is 4.14. The van der Waals surface area contributed by atoms with Crippen molar-refractivity contribution in [2.75, 3.05) is 0 Å². The molecule has 0 aliphatic heterocycles. The van der Waals surface area contributed by atoms with Crippen molar-refractivity contribution in [3.8, 4) is 0 Å². The summed E-state index contributed by atoms with van der Waals surface area (Å²) in [5.41, 5.74) is 0. The smallest absolute Gasteiger partial charge is 0.0417 e. The summed E-state index contributed by atoms with van der Waals surface area (Å²) >= 11 is 0. The van der Waals surface area contributed by atoms with Crippen LogP contribution in [0.2, 0.25) is 0 Å². The van der Waals surface area contributed by atoms with Gasteiger partial charge in [0.15, 0.2) is 0 Å². The molecule has 1 radical (unpaired) electrons. The molecule has 55 valence electrons. The van der Waals surface area contributed by atoms with Gasteiger partial charge in [-0.05, 0) is 5.92 Å². The first kappa shape index (κ1) is 9.00. The maximum Gasteiger partial charge on any atom is -0.0417 e. The molecule has 0 heteroatoms. The maximum atomic E-state index is 3.91. The molecule has 9 heavy (non-hydrogen) atoms. The normalized spacial score (nSPS) is 10.7. The van der Waals surface area contributed by atoms with E-state index in [1.807, 2.05) is 0 Å². The van der Waals surface area contributed by atoms with Gasteiger partial charge >= 0.3 is 0 Å². The van der Waals surface area contributed by atoms with Gasteiger partial charge in [0.05, 0.1) is 0 Å². The van der Waals surface area contributed by atoms with Crippen molar-refractivity contribution in [3.05, 3.63) is 6.92 Å². The summed E-state index contributed by atoms with van der Waals surface area (Å²) in [6.07, 6.45) is 6.53. The highest BCUT2D eigenvalue weighted by Gasteiger charge is 2.00. The van der Waals surface area contributed by atoms with Crippen LogP contribution in [0.15, 0.2) is 0 Å². The van der Waals surface area contributed by atoms with Crippen LogP contribution in [0.4, 0.5) is 0 Å². The minimum atomic E-state index is 0.893. The summed E-state index contributed by atoms with van der Waals surface area (Å²) in [6, 6.07) is 0. The Bertz CT molecular complexity index is 44.0. The van der Waals surface area contributed by atoms with Crippen LogP contribution in [0.1, 0.15) is 46.0 Å². The molecule has 0 aromatic carbocycles. The van der Waals surface area contributed by atoms with Crippen LogP contribution < -0.4 is 0 Å². The largest absolute Gasteiger partial charge is 0.0654 e. The first-order valence-electron chi connectivity index (χ1n) is 4.14. The fourth-order valence-corrected chi connectivity index (χ4v) is 1.05. The topological polar surface area (TPSA) is 0 Å². The van der Waals surface area contributed by atoms with Crippen molar-refractivity contribution in [2.45, 2.75) is 46.0 Å². The zero-order valence-electron chi connectivity index (χ0n) is 6.82. The van der Waals surface area contributed by atoms with Crippen LogP contribution >= 0.6 is 0 Å². The monoisotopic (exact) mass is 127 g/mol.